The number of aromatic amines is 1. The molecule has 0 saturated carbocycles. The predicted octanol–water partition coefficient (Wildman–Crippen LogP) is 5.05. The van der Waals surface area contributed by atoms with Crippen molar-refractivity contribution in [1.29, 1.82) is 0 Å². The average Bonchev–Trinajstić information content (AvgIpc) is 3.06. The Kier molecular flexibility index (Phi) is 5.99. The van der Waals surface area contributed by atoms with Crippen LogP contribution in [0.1, 0.15) is 41.5 Å². The van der Waals surface area contributed by atoms with Gasteiger partial charge in [0.15, 0.2) is 17.2 Å². The van der Waals surface area contributed by atoms with Crippen LogP contribution in [0.5, 0.6) is 17.4 Å². The molecule has 146 valence electrons. The summed E-state index contributed by atoms with van der Waals surface area (Å²) in [6.07, 6.45) is 1.53. The first-order chi connectivity index (χ1) is 13.4. The van der Waals surface area contributed by atoms with Crippen LogP contribution in [0.4, 0.5) is 5.69 Å². The normalized spacial score (nSPS) is 10.8. The van der Waals surface area contributed by atoms with Crippen LogP contribution in [-0.2, 0) is 0 Å². The molecule has 7 nitrogen and oxygen atoms in total. The highest BCUT2D eigenvalue weighted by molar-refractivity contribution is 9.10. The van der Waals surface area contributed by atoms with Crippen molar-refractivity contribution in [3.8, 4) is 17.4 Å². The lowest BCUT2D eigenvalue weighted by Gasteiger charge is -2.10. The van der Waals surface area contributed by atoms with Crippen LogP contribution in [0, 0.1) is 6.92 Å². The molecule has 0 atom stereocenters. The Balaban J connectivity index is 1.70. The van der Waals surface area contributed by atoms with Gasteiger partial charge in [-0.05, 0) is 52.5 Å². The fourth-order valence-electron chi connectivity index (χ4n) is 2.55. The smallest absolute Gasteiger partial charge is 0.277 e. The van der Waals surface area contributed by atoms with Crippen molar-refractivity contribution in [3.63, 3.8) is 0 Å². The number of amides is 1. The molecule has 2 N–H and O–H groups in total. The number of rotatable bonds is 6. The van der Waals surface area contributed by atoms with Crippen LogP contribution >= 0.6 is 15.9 Å². The summed E-state index contributed by atoms with van der Waals surface area (Å²) in [5.41, 5.74) is 2.78. The number of hydrogen-bond acceptors (Lipinski definition) is 5. The van der Waals surface area contributed by atoms with E-state index in [1.54, 1.807) is 19.2 Å². The van der Waals surface area contributed by atoms with Crippen LogP contribution in [0.3, 0.4) is 0 Å². The van der Waals surface area contributed by atoms with E-state index in [0.717, 1.165) is 11.3 Å². The lowest BCUT2D eigenvalue weighted by molar-refractivity contribution is 0.102. The van der Waals surface area contributed by atoms with Crippen LogP contribution in [-0.4, -0.2) is 28.2 Å². The standard InChI is InChI=1S/C20H21BrN4O3/c1-11(2)18-17(21)19(25-24-18)20(26)23-13-6-8-16(22-10-13)28-14-7-5-12(3)9-15(14)27-4/h5-11H,1-4H3,(H,23,26)(H,24,25). The van der Waals surface area contributed by atoms with E-state index >= 15 is 0 Å². The number of carbonyl (C=O) groups is 1. The molecule has 0 spiro atoms. The summed E-state index contributed by atoms with van der Waals surface area (Å²) in [6.45, 7) is 6.02. The molecule has 0 unspecified atom stereocenters. The number of benzene rings is 1. The summed E-state index contributed by atoms with van der Waals surface area (Å²) in [5.74, 6) is 1.48. The second-order valence-corrected chi connectivity index (χ2v) is 7.34. The molecule has 8 heteroatoms. The number of aromatic nitrogens is 3. The van der Waals surface area contributed by atoms with Crippen LogP contribution in [0.2, 0.25) is 0 Å². The van der Waals surface area contributed by atoms with Gasteiger partial charge in [-0.1, -0.05) is 19.9 Å². The number of H-pyrrole nitrogens is 1. The molecule has 2 heterocycles. The molecule has 0 bridgehead atoms. The Morgan fingerprint density at radius 2 is 2.00 bits per heavy atom. The third-order valence-electron chi connectivity index (χ3n) is 4.05. The third kappa shape index (κ3) is 4.33. The van der Waals surface area contributed by atoms with Gasteiger partial charge in [0.05, 0.1) is 29.2 Å². The zero-order chi connectivity index (χ0) is 20.3. The quantitative estimate of drug-likeness (QED) is 0.554. The zero-order valence-corrected chi connectivity index (χ0v) is 17.6. The molecule has 3 aromatic rings. The van der Waals surface area contributed by atoms with E-state index in [0.29, 0.717) is 33.2 Å². The number of ether oxygens (including phenoxy) is 2. The number of anilines is 1. The highest BCUT2D eigenvalue weighted by Gasteiger charge is 2.19. The van der Waals surface area contributed by atoms with E-state index in [4.69, 9.17) is 9.47 Å². The summed E-state index contributed by atoms with van der Waals surface area (Å²) in [6, 6.07) is 9.03. The number of nitrogens with zero attached hydrogens (tertiary/aromatic N) is 2. The van der Waals surface area contributed by atoms with Gasteiger partial charge in [-0.25, -0.2) is 4.98 Å². The largest absolute Gasteiger partial charge is 0.493 e. The maximum atomic E-state index is 12.5. The van der Waals surface area contributed by atoms with Crippen molar-refractivity contribution in [3.05, 3.63) is 58.0 Å². The van der Waals surface area contributed by atoms with E-state index < -0.39 is 0 Å². The number of nitrogens with one attached hydrogen (secondary N) is 2. The number of pyridine rings is 1. The SMILES string of the molecule is COc1cc(C)ccc1Oc1ccc(NC(=O)c2n[nH]c(C(C)C)c2Br)cn1. The highest BCUT2D eigenvalue weighted by atomic mass is 79.9. The molecule has 0 aliphatic rings. The van der Waals surface area contributed by atoms with Crippen molar-refractivity contribution in [2.45, 2.75) is 26.7 Å². The minimum absolute atomic E-state index is 0.222. The number of halogens is 1. The third-order valence-corrected chi connectivity index (χ3v) is 4.86. The van der Waals surface area contributed by atoms with Gasteiger partial charge in [-0.3, -0.25) is 9.89 Å². The second kappa shape index (κ2) is 8.43. The summed E-state index contributed by atoms with van der Waals surface area (Å²) >= 11 is 3.43. The van der Waals surface area contributed by atoms with E-state index in [-0.39, 0.29) is 11.8 Å². The Morgan fingerprint density at radius 1 is 1.21 bits per heavy atom. The maximum absolute atomic E-state index is 12.5. The minimum atomic E-state index is -0.328. The van der Waals surface area contributed by atoms with Gasteiger partial charge in [0.25, 0.3) is 5.91 Å². The molecule has 0 aliphatic carbocycles. The fourth-order valence-corrected chi connectivity index (χ4v) is 3.37. The van der Waals surface area contributed by atoms with E-state index in [9.17, 15) is 4.79 Å². The molecule has 3 rings (SSSR count). The van der Waals surface area contributed by atoms with E-state index in [1.807, 2.05) is 39.0 Å². The summed E-state index contributed by atoms with van der Waals surface area (Å²) in [4.78, 5) is 16.7. The molecular formula is C20H21BrN4O3. The first kappa shape index (κ1) is 19.9. The van der Waals surface area contributed by atoms with Gasteiger partial charge in [0.1, 0.15) is 0 Å². The predicted molar refractivity (Wildman–Crippen MR) is 110 cm³/mol. The summed E-state index contributed by atoms with van der Waals surface area (Å²) in [5, 5.41) is 9.75. The second-order valence-electron chi connectivity index (χ2n) is 6.55. The molecule has 1 amide bonds. The van der Waals surface area contributed by atoms with Gasteiger partial charge in [0, 0.05) is 6.07 Å². The van der Waals surface area contributed by atoms with Crippen molar-refractivity contribution >= 4 is 27.5 Å². The van der Waals surface area contributed by atoms with Crippen LogP contribution in [0.25, 0.3) is 0 Å². The van der Waals surface area contributed by atoms with Crippen molar-refractivity contribution in [2.75, 3.05) is 12.4 Å². The molecule has 1 aromatic carbocycles. The molecule has 0 saturated heterocycles. The van der Waals surface area contributed by atoms with Gasteiger partial charge in [-0.15, -0.1) is 0 Å². The van der Waals surface area contributed by atoms with Crippen molar-refractivity contribution in [1.82, 2.24) is 15.2 Å². The molecule has 28 heavy (non-hydrogen) atoms. The van der Waals surface area contributed by atoms with E-state index in [2.05, 4.69) is 36.4 Å². The highest BCUT2D eigenvalue weighted by Crippen LogP contribution is 2.31. The lowest BCUT2D eigenvalue weighted by atomic mass is 10.1. The molecule has 0 radical (unpaired) electrons. The van der Waals surface area contributed by atoms with Crippen molar-refractivity contribution in [2.24, 2.45) is 0 Å². The Hall–Kier alpha value is -2.87. The first-order valence-corrected chi connectivity index (χ1v) is 9.52. The number of hydrogen-bond donors (Lipinski definition) is 2. The van der Waals surface area contributed by atoms with Gasteiger partial charge >= 0.3 is 0 Å². The summed E-state index contributed by atoms with van der Waals surface area (Å²) in [7, 11) is 1.59. The molecule has 0 aliphatic heterocycles. The number of aryl methyl sites for hydroxylation is 1. The Bertz CT molecular complexity index is 984. The molecular weight excluding hydrogens is 424 g/mol. The van der Waals surface area contributed by atoms with Crippen LogP contribution in [0.15, 0.2) is 41.0 Å². The van der Waals surface area contributed by atoms with Gasteiger partial charge in [-0.2, -0.15) is 5.10 Å². The number of methoxy groups -OCH3 is 1. The number of carbonyl (C=O) groups excluding carboxylic acids is 1. The maximum Gasteiger partial charge on any atom is 0.277 e. The Labute approximate surface area is 171 Å². The fraction of sp³-hybridized carbons (Fsp3) is 0.250. The molecule has 2 aromatic heterocycles. The molecule has 0 fully saturated rings. The topological polar surface area (TPSA) is 89.1 Å². The van der Waals surface area contributed by atoms with Crippen molar-refractivity contribution < 1.29 is 14.3 Å². The minimum Gasteiger partial charge on any atom is -0.493 e. The van der Waals surface area contributed by atoms with Crippen LogP contribution < -0.4 is 14.8 Å². The average molecular weight is 445 g/mol. The summed E-state index contributed by atoms with van der Waals surface area (Å²) < 4.78 is 11.8. The van der Waals surface area contributed by atoms with Gasteiger partial charge < -0.3 is 14.8 Å². The van der Waals surface area contributed by atoms with E-state index in [1.165, 1.54) is 6.20 Å². The monoisotopic (exact) mass is 444 g/mol. The first-order valence-electron chi connectivity index (χ1n) is 8.72. The Morgan fingerprint density at radius 3 is 2.61 bits per heavy atom. The van der Waals surface area contributed by atoms with Gasteiger partial charge in [0.2, 0.25) is 5.88 Å². The zero-order valence-electron chi connectivity index (χ0n) is 16.0. The lowest BCUT2D eigenvalue weighted by Crippen LogP contribution is -2.13.